The predicted octanol–water partition coefficient (Wildman–Crippen LogP) is 3.91. The van der Waals surface area contributed by atoms with Gasteiger partial charge >= 0.3 is 0 Å². The summed E-state index contributed by atoms with van der Waals surface area (Å²) >= 11 is 0. The molecule has 1 N–H and O–H groups in total. The lowest BCUT2D eigenvalue weighted by Crippen LogP contribution is -2.38. The fourth-order valence-electron chi connectivity index (χ4n) is 5.44. The van der Waals surface area contributed by atoms with Gasteiger partial charge in [0.25, 0.3) is 0 Å². The second kappa shape index (κ2) is 6.10. The highest BCUT2D eigenvalue weighted by molar-refractivity contribution is 5.64. The molecule has 2 bridgehead atoms. The van der Waals surface area contributed by atoms with Crippen LogP contribution in [0.2, 0.25) is 0 Å². The second-order valence-corrected chi connectivity index (χ2v) is 8.40. The minimum absolute atomic E-state index is 0.153. The summed E-state index contributed by atoms with van der Waals surface area (Å²) in [5, 5.41) is 18.2. The number of aliphatic hydroxyl groups excluding tert-OH is 1. The van der Waals surface area contributed by atoms with E-state index in [-0.39, 0.29) is 29.2 Å². The number of rotatable bonds is 3. The number of fused-ring (bicyclic) bond motifs is 5. The minimum Gasteiger partial charge on any atom is -0.390 e. The lowest BCUT2D eigenvalue weighted by atomic mass is 9.66. The van der Waals surface area contributed by atoms with E-state index in [1.807, 2.05) is 0 Å². The zero-order chi connectivity index (χ0) is 20.4. The van der Waals surface area contributed by atoms with Crippen molar-refractivity contribution in [3.63, 3.8) is 0 Å². The first kappa shape index (κ1) is 18.2. The number of aromatic nitrogens is 4. The Hall–Kier alpha value is -2.80. The van der Waals surface area contributed by atoms with Crippen LogP contribution in [0.1, 0.15) is 55.3 Å². The van der Waals surface area contributed by atoms with Crippen LogP contribution in [0.25, 0.3) is 11.3 Å². The summed E-state index contributed by atoms with van der Waals surface area (Å²) in [6.07, 6.45) is 5.02. The lowest BCUT2D eigenvalue weighted by molar-refractivity contribution is 0.238. The van der Waals surface area contributed by atoms with E-state index in [0.717, 1.165) is 29.8 Å². The van der Waals surface area contributed by atoms with Gasteiger partial charge < -0.3 is 5.11 Å². The molecule has 7 heteroatoms. The summed E-state index contributed by atoms with van der Waals surface area (Å²) < 4.78 is 28.6. The van der Waals surface area contributed by atoms with Crippen molar-refractivity contribution in [2.75, 3.05) is 0 Å². The number of hydrogen-bond acceptors (Lipinski definition) is 5. The molecule has 0 amide bonds. The van der Waals surface area contributed by atoms with Crippen molar-refractivity contribution in [2.24, 2.45) is 5.41 Å². The molecular formula is C22H20F2N4O. The van der Waals surface area contributed by atoms with Gasteiger partial charge in [0.05, 0.1) is 46.6 Å². The highest BCUT2D eigenvalue weighted by Crippen LogP contribution is 2.69. The first-order chi connectivity index (χ1) is 13.9. The van der Waals surface area contributed by atoms with Gasteiger partial charge in [0, 0.05) is 6.20 Å². The fraction of sp³-hybridized carbons (Fsp3) is 0.364. The summed E-state index contributed by atoms with van der Waals surface area (Å²) in [4.78, 5) is 8.91. The highest BCUT2D eigenvalue weighted by atomic mass is 19.1. The van der Waals surface area contributed by atoms with Gasteiger partial charge in [0.2, 0.25) is 0 Å². The second-order valence-electron chi connectivity index (χ2n) is 8.40. The standard InChI is InChI=1S/C22H20F2N4O/c1-21(2)14-6-7-22(21,18-10-25-9-12(11-29)26-18)20-13(14)8-17(27-28-20)19-15(23)4-3-5-16(19)24/h3-5,8-10,14,29H,6-7,11H2,1-2H3/t14-,22-/m0/s1. The van der Waals surface area contributed by atoms with Crippen LogP contribution < -0.4 is 0 Å². The van der Waals surface area contributed by atoms with Crippen molar-refractivity contribution < 1.29 is 13.9 Å². The molecule has 0 spiro atoms. The molecule has 2 atom stereocenters. The van der Waals surface area contributed by atoms with Crippen LogP contribution >= 0.6 is 0 Å². The molecule has 2 heterocycles. The van der Waals surface area contributed by atoms with Gasteiger partial charge in [-0.3, -0.25) is 9.97 Å². The average molecular weight is 394 g/mol. The molecule has 29 heavy (non-hydrogen) atoms. The van der Waals surface area contributed by atoms with Crippen LogP contribution in [-0.4, -0.2) is 25.3 Å². The topological polar surface area (TPSA) is 71.8 Å². The van der Waals surface area contributed by atoms with Crippen molar-refractivity contribution >= 4 is 0 Å². The molecule has 2 aliphatic carbocycles. The summed E-state index contributed by atoms with van der Waals surface area (Å²) in [5.74, 6) is -1.14. The van der Waals surface area contributed by atoms with Crippen LogP contribution in [0, 0.1) is 17.0 Å². The molecule has 2 aliphatic rings. The highest BCUT2D eigenvalue weighted by Gasteiger charge is 2.65. The van der Waals surface area contributed by atoms with Crippen LogP contribution in [0.4, 0.5) is 8.78 Å². The summed E-state index contributed by atoms with van der Waals surface area (Å²) in [5.41, 5.74) is 2.35. The first-order valence-corrected chi connectivity index (χ1v) is 9.65. The van der Waals surface area contributed by atoms with Crippen LogP contribution in [0.5, 0.6) is 0 Å². The lowest BCUT2D eigenvalue weighted by Gasteiger charge is -2.37. The SMILES string of the molecule is CC1(C)[C@H]2CC[C@]1(c1cncc(CO)n1)c1nnc(-c3c(F)cccc3F)cc12. The van der Waals surface area contributed by atoms with Gasteiger partial charge in [-0.25, -0.2) is 8.78 Å². The van der Waals surface area contributed by atoms with E-state index >= 15 is 0 Å². The van der Waals surface area contributed by atoms with E-state index < -0.39 is 17.0 Å². The zero-order valence-corrected chi connectivity index (χ0v) is 16.2. The summed E-state index contributed by atoms with van der Waals surface area (Å²) in [6.45, 7) is 4.15. The van der Waals surface area contributed by atoms with E-state index in [1.54, 1.807) is 18.5 Å². The normalized spacial score (nSPS) is 24.0. The summed E-state index contributed by atoms with van der Waals surface area (Å²) in [6, 6.07) is 5.56. The average Bonchev–Trinajstić information content (AvgIpc) is 3.09. The maximum absolute atomic E-state index is 14.3. The molecule has 1 aromatic carbocycles. The minimum atomic E-state index is -0.655. The Kier molecular flexibility index (Phi) is 3.84. The molecule has 1 fully saturated rings. The van der Waals surface area contributed by atoms with Gasteiger partial charge in [0.1, 0.15) is 11.6 Å². The number of hydrogen-bond donors (Lipinski definition) is 1. The molecule has 0 saturated heterocycles. The zero-order valence-electron chi connectivity index (χ0n) is 16.2. The predicted molar refractivity (Wildman–Crippen MR) is 102 cm³/mol. The molecule has 1 saturated carbocycles. The third-order valence-electron chi connectivity index (χ3n) is 6.88. The number of aliphatic hydroxyl groups is 1. The maximum atomic E-state index is 14.3. The number of nitrogens with zero attached hydrogens (tertiary/aromatic N) is 4. The third-order valence-corrected chi connectivity index (χ3v) is 6.88. The monoisotopic (exact) mass is 394 g/mol. The van der Waals surface area contributed by atoms with Gasteiger partial charge in [-0.1, -0.05) is 19.9 Å². The van der Waals surface area contributed by atoms with E-state index in [0.29, 0.717) is 5.69 Å². The summed E-state index contributed by atoms with van der Waals surface area (Å²) in [7, 11) is 0. The third kappa shape index (κ3) is 2.28. The Labute approximate surface area is 166 Å². The molecule has 0 radical (unpaired) electrons. The van der Waals surface area contributed by atoms with Crippen LogP contribution in [0.3, 0.4) is 0 Å². The van der Waals surface area contributed by atoms with E-state index in [1.165, 1.54) is 18.2 Å². The Balaban J connectivity index is 1.72. The molecular weight excluding hydrogens is 374 g/mol. The molecule has 5 nitrogen and oxygen atoms in total. The van der Waals surface area contributed by atoms with Crippen molar-refractivity contribution in [1.82, 2.24) is 20.2 Å². The molecule has 0 aliphatic heterocycles. The molecule has 2 aromatic heterocycles. The Morgan fingerprint density at radius 3 is 2.62 bits per heavy atom. The number of benzene rings is 1. The van der Waals surface area contributed by atoms with Crippen molar-refractivity contribution in [2.45, 2.75) is 44.6 Å². The molecule has 5 rings (SSSR count). The maximum Gasteiger partial charge on any atom is 0.135 e. The van der Waals surface area contributed by atoms with Crippen molar-refractivity contribution in [1.29, 1.82) is 0 Å². The molecule has 0 unspecified atom stereocenters. The van der Waals surface area contributed by atoms with Gasteiger partial charge in [-0.15, -0.1) is 5.10 Å². The smallest absolute Gasteiger partial charge is 0.135 e. The van der Waals surface area contributed by atoms with Gasteiger partial charge in [-0.05, 0) is 47.9 Å². The van der Waals surface area contributed by atoms with Crippen LogP contribution in [0.15, 0.2) is 36.7 Å². The quantitative estimate of drug-likeness (QED) is 0.729. The van der Waals surface area contributed by atoms with E-state index in [4.69, 9.17) is 0 Å². The Morgan fingerprint density at radius 1 is 1.14 bits per heavy atom. The van der Waals surface area contributed by atoms with Crippen molar-refractivity contribution in [3.8, 4) is 11.3 Å². The Morgan fingerprint density at radius 2 is 1.90 bits per heavy atom. The number of halogens is 2. The van der Waals surface area contributed by atoms with Crippen LogP contribution in [-0.2, 0) is 12.0 Å². The van der Waals surface area contributed by atoms with Gasteiger partial charge in [0.15, 0.2) is 0 Å². The van der Waals surface area contributed by atoms with E-state index in [9.17, 15) is 13.9 Å². The van der Waals surface area contributed by atoms with Gasteiger partial charge in [-0.2, -0.15) is 5.10 Å². The fourth-order valence-corrected chi connectivity index (χ4v) is 5.44. The first-order valence-electron chi connectivity index (χ1n) is 9.65. The molecule has 3 aromatic rings. The largest absolute Gasteiger partial charge is 0.390 e. The Bertz CT molecular complexity index is 1110. The van der Waals surface area contributed by atoms with E-state index in [2.05, 4.69) is 34.0 Å². The van der Waals surface area contributed by atoms with Crippen molar-refractivity contribution in [3.05, 3.63) is 70.9 Å². The molecule has 148 valence electrons.